The van der Waals surface area contributed by atoms with Gasteiger partial charge in [0.15, 0.2) is 6.61 Å². The lowest BCUT2D eigenvalue weighted by molar-refractivity contribution is -0.385. The number of rotatable bonds is 6. The van der Waals surface area contributed by atoms with Crippen LogP contribution < -0.4 is 5.32 Å². The molecular formula is C16H13ClN2O5. The number of nitro groups is 1. The van der Waals surface area contributed by atoms with Crippen molar-refractivity contribution in [2.24, 2.45) is 0 Å². The smallest absolute Gasteiger partial charge is 0.345 e. The highest BCUT2D eigenvalue weighted by molar-refractivity contribution is 6.31. The van der Waals surface area contributed by atoms with Gasteiger partial charge in [0.25, 0.3) is 11.6 Å². The van der Waals surface area contributed by atoms with Gasteiger partial charge in [0.2, 0.25) is 0 Å². The highest BCUT2D eigenvalue weighted by Gasteiger charge is 2.21. The minimum atomic E-state index is -0.935. The Bertz CT molecular complexity index is 779. The van der Waals surface area contributed by atoms with Crippen LogP contribution in [0.3, 0.4) is 0 Å². The Hall–Kier alpha value is -2.93. The molecule has 2 aromatic carbocycles. The molecule has 0 unspecified atom stereocenters. The second-order valence-corrected chi connectivity index (χ2v) is 5.13. The Labute approximate surface area is 142 Å². The van der Waals surface area contributed by atoms with Crippen LogP contribution in [0.2, 0.25) is 5.02 Å². The number of nitro benzene ring substituents is 1. The lowest BCUT2D eigenvalue weighted by Gasteiger charge is -2.08. The van der Waals surface area contributed by atoms with Crippen molar-refractivity contribution in [3.05, 3.63) is 74.8 Å². The van der Waals surface area contributed by atoms with E-state index in [0.717, 1.165) is 5.56 Å². The van der Waals surface area contributed by atoms with E-state index in [2.05, 4.69) is 5.32 Å². The number of amides is 1. The van der Waals surface area contributed by atoms with Gasteiger partial charge in [-0.3, -0.25) is 14.9 Å². The number of nitrogens with one attached hydrogen (secondary N) is 1. The van der Waals surface area contributed by atoms with E-state index in [0.29, 0.717) is 5.02 Å². The van der Waals surface area contributed by atoms with Gasteiger partial charge >= 0.3 is 5.97 Å². The molecule has 2 aromatic rings. The number of carbonyl (C=O) groups is 2. The van der Waals surface area contributed by atoms with Gasteiger partial charge in [0, 0.05) is 17.6 Å². The molecule has 1 amide bonds. The summed E-state index contributed by atoms with van der Waals surface area (Å²) in [6.45, 7) is -0.364. The first-order valence-corrected chi connectivity index (χ1v) is 7.27. The molecule has 0 saturated heterocycles. The maximum atomic E-state index is 11.9. The van der Waals surface area contributed by atoms with Crippen LogP contribution >= 0.6 is 11.6 Å². The average molecular weight is 349 g/mol. The Kier molecular flexibility index (Phi) is 5.86. The van der Waals surface area contributed by atoms with Crippen molar-refractivity contribution in [2.45, 2.75) is 6.54 Å². The standard InChI is InChI=1S/C16H13ClN2O5/c17-13-7-3-1-5-11(13)9-18-15(20)10-24-16(21)12-6-2-4-8-14(12)19(22)23/h1-8H,9-10H2,(H,18,20). The summed E-state index contributed by atoms with van der Waals surface area (Å²) in [5, 5.41) is 13.9. The van der Waals surface area contributed by atoms with Crippen molar-refractivity contribution in [2.75, 3.05) is 6.61 Å². The fourth-order valence-electron chi connectivity index (χ4n) is 1.90. The van der Waals surface area contributed by atoms with Crippen molar-refractivity contribution in [1.82, 2.24) is 5.32 Å². The summed E-state index contributed by atoms with van der Waals surface area (Å²) < 4.78 is 4.81. The van der Waals surface area contributed by atoms with Gasteiger partial charge in [0.1, 0.15) is 5.56 Å². The van der Waals surface area contributed by atoms with Crippen LogP contribution in [0.1, 0.15) is 15.9 Å². The van der Waals surface area contributed by atoms with E-state index in [9.17, 15) is 19.7 Å². The SMILES string of the molecule is O=C(COC(=O)c1ccccc1[N+](=O)[O-])NCc1ccccc1Cl. The Morgan fingerprint density at radius 1 is 1.12 bits per heavy atom. The molecule has 0 spiro atoms. The summed E-state index contributed by atoms with van der Waals surface area (Å²) in [7, 11) is 0. The maximum absolute atomic E-state index is 11.9. The third-order valence-corrected chi connectivity index (χ3v) is 3.46. The largest absolute Gasteiger partial charge is 0.452 e. The number of hydrogen-bond acceptors (Lipinski definition) is 5. The van der Waals surface area contributed by atoms with E-state index in [1.807, 2.05) is 0 Å². The topological polar surface area (TPSA) is 98.5 Å². The predicted molar refractivity (Wildman–Crippen MR) is 86.7 cm³/mol. The molecule has 2 rings (SSSR count). The molecule has 0 bridgehead atoms. The van der Waals surface area contributed by atoms with Crippen LogP contribution in [-0.2, 0) is 16.1 Å². The minimum Gasteiger partial charge on any atom is -0.452 e. The van der Waals surface area contributed by atoms with E-state index < -0.39 is 23.4 Å². The van der Waals surface area contributed by atoms with Crippen LogP contribution in [0.15, 0.2) is 48.5 Å². The highest BCUT2D eigenvalue weighted by Crippen LogP contribution is 2.18. The molecule has 1 N–H and O–H groups in total. The lowest BCUT2D eigenvalue weighted by Crippen LogP contribution is -2.28. The summed E-state index contributed by atoms with van der Waals surface area (Å²) in [4.78, 5) is 33.8. The van der Waals surface area contributed by atoms with Crippen molar-refractivity contribution in [3.63, 3.8) is 0 Å². The fraction of sp³-hybridized carbons (Fsp3) is 0.125. The van der Waals surface area contributed by atoms with E-state index >= 15 is 0 Å². The third-order valence-electron chi connectivity index (χ3n) is 3.09. The Morgan fingerprint density at radius 2 is 1.79 bits per heavy atom. The number of benzene rings is 2. The fourth-order valence-corrected chi connectivity index (χ4v) is 2.10. The molecular weight excluding hydrogens is 336 g/mol. The van der Waals surface area contributed by atoms with E-state index in [4.69, 9.17) is 16.3 Å². The molecule has 0 aliphatic heterocycles. The number of halogens is 1. The van der Waals surface area contributed by atoms with Crippen LogP contribution in [0.4, 0.5) is 5.69 Å². The Morgan fingerprint density at radius 3 is 2.50 bits per heavy atom. The van der Waals surface area contributed by atoms with Gasteiger partial charge in [-0.25, -0.2) is 4.79 Å². The number of esters is 1. The van der Waals surface area contributed by atoms with Crippen LogP contribution in [-0.4, -0.2) is 23.4 Å². The van der Waals surface area contributed by atoms with Gasteiger partial charge in [-0.2, -0.15) is 0 Å². The number of nitrogens with zero attached hydrogens (tertiary/aromatic N) is 1. The first-order valence-electron chi connectivity index (χ1n) is 6.89. The van der Waals surface area contributed by atoms with Gasteiger partial charge in [-0.1, -0.05) is 41.9 Å². The number of carbonyl (C=O) groups excluding carboxylic acids is 2. The summed E-state index contributed by atoms with van der Waals surface area (Å²) in [6.07, 6.45) is 0. The average Bonchev–Trinajstić information content (AvgIpc) is 2.59. The molecule has 0 heterocycles. The zero-order chi connectivity index (χ0) is 17.5. The summed E-state index contributed by atoms with van der Waals surface area (Å²) >= 11 is 5.96. The molecule has 0 atom stereocenters. The predicted octanol–water partition coefficient (Wildman–Crippen LogP) is 2.72. The van der Waals surface area contributed by atoms with Crippen molar-refractivity contribution < 1.29 is 19.2 Å². The number of ether oxygens (including phenoxy) is 1. The van der Waals surface area contributed by atoms with Crippen LogP contribution in [0.25, 0.3) is 0 Å². The zero-order valence-corrected chi connectivity index (χ0v) is 13.2. The molecule has 8 heteroatoms. The summed E-state index contributed by atoms with van der Waals surface area (Å²) in [5.41, 5.74) is 0.137. The quantitative estimate of drug-likeness (QED) is 0.491. The number of hydrogen-bond donors (Lipinski definition) is 1. The van der Waals surface area contributed by atoms with Crippen molar-refractivity contribution in [1.29, 1.82) is 0 Å². The van der Waals surface area contributed by atoms with E-state index in [1.165, 1.54) is 24.3 Å². The lowest BCUT2D eigenvalue weighted by atomic mass is 10.2. The molecule has 0 fully saturated rings. The molecule has 0 saturated carbocycles. The summed E-state index contributed by atoms with van der Waals surface area (Å²) in [6, 6.07) is 12.4. The van der Waals surface area contributed by atoms with Gasteiger partial charge in [-0.05, 0) is 17.7 Å². The molecule has 0 aliphatic carbocycles. The van der Waals surface area contributed by atoms with E-state index in [-0.39, 0.29) is 17.8 Å². The first kappa shape index (κ1) is 17.4. The monoisotopic (exact) mass is 348 g/mol. The molecule has 124 valence electrons. The van der Waals surface area contributed by atoms with Crippen LogP contribution in [0.5, 0.6) is 0 Å². The molecule has 0 aromatic heterocycles. The van der Waals surface area contributed by atoms with Crippen LogP contribution in [0, 0.1) is 10.1 Å². The zero-order valence-electron chi connectivity index (χ0n) is 12.4. The second-order valence-electron chi connectivity index (χ2n) is 4.72. The summed E-state index contributed by atoms with van der Waals surface area (Å²) in [5.74, 6) is -1.47. The van der Waals surface area contributed by atoms with Gasteiger partial charge in [0.05, 0.1) is 4.92 Å². The molecule has 0 radical (unpaired) electrons. The van der Waals surface area contributed by atoms with Gasteiger partial charge in [-0.15, -0.1) is 0 Å². The van der Waals surface area contributed by atoms with Gasteiger partial charge < -0.3 is 10.1 Å². The second kappa shape index (κ2) is 8.07. The first-order chi connectivity index (χ1) is 11.5. The number of para-hydroxylation sites is 1. The molecule has 7 nitrogen and oxygen atoms in total. The van der Waals surface area contributed by atoms with Crippen molar-refractivity contribution >= 4 is 29.2 Å². The maximum Gasteiger partial charge on any atom is 0.345 e. The minimum absolute atomic E-state index is 0.182. The van der Waals surface area contributed by atoms with E-state index in [1.54, 1.807) is 24.3 Å². The third kappa shape index (κ3) is 4.53. The Balaban J connectivity index is 1.89. The normalized spacial score (nSPS) is 10.0. The molecule has 0 aliphatic rings. The highest BCUT2D eigenvalue weighted by atomic mass is 35.5. The van der Waals surface area contributed by atoms with Crippen molar-refractivity contribution in [3.8, 4) is 0 Å². The molecule has 24 heavy (non-hydrogen) atoms.